The van der Waals surface area contributed by atoms with Crippen molar-refractivity contribution in [3.8, 4) is 12.3 Å². The third-order valence-electron chi connectivity index (χ3n) is 4.81. The van der Waals surface area contributed by atoms with E-state index in [1.54, 1.807) is 18.2 Å². The van der Waals surface area contributed by atoms with E-state index in [4.69, 9.17) is 11.2 Å². The van der Waals surface area contributed by atoms with Crippen LogP contribution in [0.5, 0.6) is 0 Å². The second kappa shape index (κ2) is 6.90. The van der Waals surface area contributed by atoms with Gasteiger partial charge in [-0.3, -0.25) is 4.79 Å². The van der Waals surface area contributed by atoms with Gasteiger partial charge in [-0.2, -0.15) is 0 Å². The lowest BCUT2D eigenvalue weighted by Crippen LogP contribution is -2.46. The van der Waals surface area contributed by atoms with Crippen LogP contribution in [0, 0.1) is 12.3 Å². The number of terminal acetylenes is 1. The zero-order chi connectivity index (χ0) is 19.7. The molecule has 0 radical (unpaired) electrons. The van der Waals surface area contributed by atoms with E-state index in [0.29, 0.717) is 16.8 Å². The first-order chi connectivity index (χ1) is 12.7. The maximum atomic E-state index is 12.7. The lowest BCUT2D eigenvalue weighted by molar-refractivity contribution is -0.130. The second-order valence-electron chi connectivity index (χ2n) is 7.33. The molecular weight excluding hydrogens is 342 g/mol. The molecule has 0 aromatic heterocycles. The van der Waals surface area contributed by atoms with Gasteiger partial charge in [0.2, 0.25) is 5.60 Å². The number of hydrogen-bond acceptors (Lipinski definition) is 4. The van der Waals surface area contributed by atoms with Crippen molar-refractivity contribution in [1.29, 1.82) is 0 Å². The Bertz CT molecular complexity index is 927. The highest BCUT2D eigenvalue weighted by atomic mass is 16.5. The van der Waals surface area contributed by atoms with Crippen molar-refractivity contribution in [3.05, 3.63) is 65.2 Å². The number of nitrogens with one attached hydrogen (secondary N) is 1. The van der Waals surface area contributed by atoms with Gasteiger partial charge in [0, 0.05) is 17.7 Å². The number of aliphatic hydroxyl groups is 1. The van der Waals surface area contributed by atoms with Crippen molar-refractivity contribution < 1.29 is 19.4 Å². The third-order valence-corrected chi connectivity index (χ3v) is 4.81. The lowest BCUT2D eigenvalue weighted by Gasteiger charge is -2.32. The van der Waals surface area contributed by atoms with Crippen molar-refractivity contribution in [2.45, 2.75) is 37.9 Å². The minimum atomic E-state index is -1.98. The minimum Gasteiger partial charge on any atom is -0.457 e. The number of esters is 1. The van der Waals surface area contributed by atoms with Crippen LogP contribution in [0.25, 0.3) is 0 Å². The van der Waals surface area contributed by atoms with Crippen LogP contribution in [0.2, 0.25) is 0 Å². The molecule has 0 saturated carbocycles. The maximum absolute atomic E-state index is 12.7. The number of carbonyl (C=O) groups excluding carboxylic acids is 2. The van der Waals surface area contributed by atoms with Crippen molar-refractivity contribution in [2.75, 3.05) is 5.32 Å². The number of fused-ring (bicyclic) bond motifs is 1. The highest BCUT2D eigenvalue weighted by molar-refractivity contribution is 6.00. The Kier molecular flexibility index (Phi) is 4.77. The second-order valence-corrected chi connectivity index (χ2v) is 7.33. The van der Waals surface area contributed by atoms with Crippen LogP contribution in [-0.2, 0) is 21.6 Å². The fraction of sp³-hybridized carbons (Fsp3) is 0.273. The fourth-order valence-corrected chi connectivity index (χ4v) is 3.27. The number of rotatable bonds is 5. The van der Waals surface area contributed by atoms with Crippen molar-refractivity contribution in [1.82, 2.24) is 0 Å². The van der Waals surface area contributed by atoms with E-state index >= 15 is 0 Å². The first-order valence-electron chi connectivity index (χ1n) is 8.62. The van der Waals surface area contributed by atoms with E-state index < -0.39 is 16.9 Å². The van der Waals surface area contributed by atoms with Gasteiger partial charge in [0.05, 0.1) is 5.56 Å². The van der Waals surface area contributed by atoms with Gasteiger partial charge in [-0.15, -0.1) is 6.42 Å². The molecule has 1 unspecified atom stereocenters. The largest absolute Gasteiger partial charge is 0.457 e. The van der Waals surface area contributed by atoms with Crippen molar-refractivity contribution >= 4 is 17.6 Å². The van der Waals surface area contributed by atoms with Crippen LogP contribution in [0.15, 0.2) is 48.5 Å². The van der Waals surface area contributed by atoms with Crippen LogP contribution >= 0.6 is 0 Å². The molecule has 0 bridgehead atoms. The van der Waals surface area contributed by atoms with Gasteiger partial charge in [0.25, 0.3) is 5.91 Å². The summed E-state index contributed by atoms with van der Waals surface area (Å²) in [7, 11) is 0. The molecule has 1 atom stereocenters. The zero-order valence-corrected chi connectivity index (χ0v) is 15.3. The molecule has 0 aliphatic carbocycles. The molecule has 2 aromatic carbocycles. The molecule has 27 heavy (non-hydrogen) atoms. The summed E-state index contributed by atoms with van der Waals surface area (Å²) in [6.45, 7) is 4.02. The number of amides is 1. The van der Waals surface area contributed by atoms with Crippen LogP contribution in [0.3, 0.4) is 0 Å². The average molecular weight is 363 g/mol. The van der Waals surface area contributed by atoms with Crippen molar-refractivity contribution in [2.24, 2.45) is 0 Å². The van der Waals surface area contributed by atoms with Crippen LogP contribution < -0.4 is 5.32 Å². The first kappa shape index (κ1) is 18.7. The van der Waals surface area contributed by atoms with E-state index in [1.807, 2.05) is 44.2 Å². The summed E-state index contributed by atoms with van der Waals surface area (Å²) >= 11 is 0. The monoisotopic (exact) mass is 363 g/mol. The van der Waals surface area contributed by atoms with E-state index in [2.05, 4.69) is 11.2 Å². The van der Waals surface area contributed by atoms with E-state index in [0.717, 1.165) is 5.56 Å². The Labute approximate surface area is 158 Å². The van der Waals surface area contributed by atoms with E-state index in [9.17, 15) is 14.7 Å². The molecule has 0 saturated heterocycles. The molecule has 5 heteroatoms. The highest BCUT2D eigenvalue weighted by Gasteiger charge is 2.40. The quantitative estimate of drug-likeness (QED) is 0.632. The van der Waals surface area contributed by atoms with Gasteiger partial charge >= 0.3 is 5.97 Å². The normalized spacial score (nSPS) is 15.3. The molecule has 1 amide bonds. The summed E-state index contributed by atoms with van der Waals surface area (Å²) in [6, 6.07) is 14.4. The molecule has 138 valence electrons. The smallest absolute Gasteiger partial charge is 0.338 e. The molecule has 1 aliphatic rings. The van der Waals surface area contributed by atoms with Gasteiger partial charge in [0.15, 0.2) is 0 Å². The predicted octanol–water partition coefficient (Wildman–Crippen LogP) is 3.03. The lowest BCUT2D eigenvalue weighted by atomic mass is 9.75. The summed E-state index contributed by atoms with van der Waals surface area (Å²) in [5.41, 5.74) is 0.0859. The number of anilines is 1. The summed E-state index contributed by atoms with van der Waals surface area (Å²) in [6.07, 6.45) is 5.58. The first-order valence-corrected chi connectivity index (χ1v) is 8.62. The standard InChI is InChI=1S/C22H21NO4/c1-4-22(26,14-21(2,3)16-8-6-5-7-9-16)20(25)23-17-10-11-18-15(12-17)13-27-19(18)24/h1,5-12,26H,13-14H2,2-3H3,(H,23,25). The van der Waals surface area contributed by atoms with Crippen LogP contribution in [0.1, 0.15) is 41.8 Å². The molecular formula is C22H21NO4. The summed E-state index contributed by atoms with van der Waals surface area (Å²) < 4.78 is 4.95. The number of hydrogen-bond donors (Lipinski definition) is 2. The SMILES string of the molecule is C#CC(O)(CC(C)(C)c1ccccc1)C(=O)Nc1ccc2c(c1)COC2=O. The molecule has 1 aliphatic heterocycles. The Hall–Kier alpha value is -3.10. The Balaban J connectivity index is 1.79. The molecule has 2 N–H and O–H groups in total. The maximum Gasteiger partial charge on any atom is 0.338 e. The van der Waals surface area contributed by atoms with Gasteiger partial charge in [0.1, 0.15) is 6.61 Å². The number of benzene rings is 2. The van der Waals surface area contributed by atoms with E-state index in [-0.39, 0.29) is 19.0 Å². The third kappa shape index (κ3) is 3.71. The molecule has 5 nitrogen and oxygen atoms in total. The Morgan fingerprint density at radius 3 is 2.63 bits per heavy atom. The summed E-state index contributed by atoms with van der Waals surface area (Å²) in [5, 5.41) is 13.5. The molecule has 3 rings (SSSR count). The highest BCUT2D eigenvalue weighted by Crippen LogP contribution is 2.33. The Morgan fingerprint density at radius 2 is 1.96 bits per heavy atom. The molecule has 2 aromatic rings. The molecule has 0 spiro atoms. The summed E-state index contributed by atoms with van der Waals surface area (Å²) in [4.78, 5) is 24.3. The van der Waals surface area contributed by atoms with E-state index in [1.165, 1.54) is 0 Å². The topological polar surface area (TPSA) is 75.6 Å². The predicted molar refractivity (Wildman–Crippen MR) is 102 cm³/mol. The minimum absolute atomic E-state index is 0.0544. The van der Waals surface area contributed by atoms with Gasteiger partial charge in [-0.05, 0) is 29.2 Å². The van der Waals surface area contributed by atoms with Crippen LogP contribution in [0.4, 0.5) is 5.69 Å². The number of cyclic esters (lactones) is 1. The van der Waals surface area contributed by atoms with Crippen LogP contribution in [-0.4, -0.2) is 22.6 Å². The molecule has 0 fully saturated rings. The summed E-state index contributed by atoms with van der Waals surface area (Å²) in [5.74, 6) is 1.19. The number of carbonyl (C=O) groups is 2. The number of ether oxygens (including phenoxy) is 1. The Morgan fingerprint density at radius 1 is 1.26 bits per heavy atom. The fourth-order valence-electron chi connectivity index (χ4n) is 3.27. The zero-order valence-electron chi connectivity index (χ0n) is 15.3. The van der Waals surface area contributed by atoms with Gasteiger partial charge < -0.3 is 15.2 Å². The van der Waals surface area contributed by atoms with Gasteiger partial charge in [-0.25, -0.2) is 4.79 Å². The van der Waals surface area contributed by atoms with Gasteiger partial charge in [-0.1, -0.05) is 50.1 Å². The average Bonchev–Trinajstić information content (AvgIpc) is 3.02. The molecule has 1 heterocycles. The van der Waals surface area contributed by atoms with Crippen molar-refractivity contribution in [3.63, 3.8) is 0 Å².